The molecule has 0 fully saturated rings. The van der Waals surface area contributed by atoms with Gasteiger partial charge < -0.3 is 10.6 Å². The summed E-state index contributed by atoms with van der Waals surface area (Å²) in [5.74, 6) is 0.841. The van der Waals surface area contributed by atoms with Crippen LogP contribution >= 0.6 is 24.0 Å². The van der Waals surface area contributed by atoms with Gasteiger partial charge >= 0.3 is 0 Å². The van der Waals surface area contributed by atoms with E-state index in [0.29, 0.717) is 6.54 Å². The fraction of sp³-hybridized carbons (Fsp3) is 0.667. The quantitative estimate of drug-likeness (QED) is 0.279. The molecule has 0 aliphatic rings. The van der Waals surface area contributed by atoms with Crippen LogP contribution in [0.5, 0.6) is 0 Å². The molecule has 1 aromatic heterocycles. The highest BCUT2D eigenvalue weighted by Crippen LogP contribution is 2.22. The maximum atomic E-state index is 4.40. The van der Waals surface area contributed by atoms with E-state index < -0.39 is 0 Å². The van der Waals surface area contributed by atoms with Crippen LogP contribution in [0.3, 0.4) is 0 Å². The number of aryl methyl sites for hydroxylation is 1. The lowest BCUT2D eigenvalue weighted by Crippen LogP contribution is -2.41. The lowest BCUT2D eigenvalue weighted by atomic mass is 9.87. The molecule has 1 rings (SSSR count). The highest BCUT2D eigenvalue weighted by Gasteiger charge is 2.17. The number of rotatable bonds is 8. The van der Waals surface area contributed by atoms with Crippen molar-refractivity contribution in [2.45, 2.75) is 59.9 Å². The molecular weight excluding hydrogens is 399 g/mol. The van der Waals surface area contributed by atoms with Crippen LogP contribution in [-0.2, 0) is 6.54 Å². The van der Waals surface area contributed by atoms with E-state index in [9.17, 15) is 0 Å². The lowest BCUT2D eigenvalue weighted by molar-refractivity contribution is 0.318. The van der Waals surface area contributed by atoms with Crippen LogP contribution in [0.15, 0.2) is 23.3 Å². The third kappa shape index (κ3) is 9.13. The standard InChI is InChI=1S/C18H32N4.HI/c1-6-7-8-11-18(3,4)14-22-17(19-5)21-13-16-15(2)10-9-12-20-16;/h9-10,12H,6-8,11,13-14H2,1-5H3,(H2,19,21,22);1H. The van der Waals surface area contributed by atoms with Crippen molar-refractivity contribution in [3.63, 3.8) is 0 Å². The molecule has 23 heavy (non-hydrogen) atoms. The van der Waals surface area contributed by atoms with E-state index in [-0.39, 0.29) is 29.4 Å². The molecule has 0 aliphatic heterocycles. The average Bonchev–Trinajstić information content (AvgIpc) is 2.49. The number of hydrogen-bond donors (Lipinski definition) is 2. The molecule has 4 nitrogen and oxygen atoms in total. The first-order valence-electron chi connectivity index (χ1n) is 8.33. The smallest absolute Gasteiger partial charge is 0.191 e. The summed E-state index contributed by atoms with van der Waals surface area (Å²) in [5, 5.41) is 6.78. The second-order valence-electron chi connectivity index (χ2n) is 6.67. The van der Waals surface area contributed by atoms with Crippen molar-refractivity contribution in [3.8, 4) is 0 Å². The SMILES string of the molecule is CCCCCC(C)(C)CNC(=NC)NCc1ncccc1C.I. The Morgan fingerprint density at radius 3 is 2.61 bits per heavy atom. The zero-order chi connectivity index (χ0) is 16.4. The normalized spacial score (nSPS) is 11.8. The monoisotopic (exact) mass is 432 g/mol. The van der Waals surface area contributed by atoms with E-state index in [2.05, 4.69) is 54.4 Å². The largest absolute Gasteiger partial charge is 0.356 e. The third-order valence-corrected chi connectivity index (χ3v) is 3.96. The van der Waals surface area contributed by atoms with Gasteiger partial charge in [-0.15, -0.1) is 24.0 Å². The van der Waals surface area contributed by atoms with Crippen molar-refractivity contribution in [1.82, 2.24) is 15.6 Å². The number of aromatic nitrogens is 1. The Kier molecular flexibility index (Phi) is 11.2. The predicted octanol–water partition coefficient (Wildman–Crippen LogP) is 4.28. The van der Waals surface area contributed by atoms with Gasteiger partial charge in [-0.25, -0.2) is 0 Å². The Labute approximate surface area is 159 Å². The predicted molar refractivity (Wildman–Crippen MR) is 111 cm³/mol. The molecular formula is C18H33IN4. The minimum atomic E-state index is 0. The fourth-order valence-electron chi connectivity index (χ4n) is 2.36. The highest BCUT2D eigenvalue weighted by molar-refractivity contribution is 14.0. The molecule has 0 saturated heterocycles. The van der Waals surface area contributed by atoms with E-state index in [1.165, 1.54) is 31.2 Å². The molecule has 0 atom stereocenters. The van der Waals surface area contributed by atoms with Gasteiger partial charge in [0.15, 0.2) is 5.96 Å². The first kappa shape index (κ1) is 22.1. The first-order chi connectivity index (χ1) is 10.5. The molecule has 0 saturated carbocycles. The first-order valence-corrected chi connectivity index (χ1v) is 8.33. The van der Waals surface area contributed by atoms with Crippen molar-refractivity contribution in [2.24, 2.45) is 10.4 Å². The molecule has 0 unspecified atom stereocenters. The molecule has 0 spiro atoms. The molecule has 0 aliphatic carbocycles. The highest BCUT2D eigenvalue weighted by atomic mass is 127. The molecule has 0 aromatic carbocycles. The Balaban J connectivity index is 0.00000484. The molecule has 0 bridgehead atoms. The fourth-order valence-corrected chi connectivity index (χ4v) is 2.36. The number of nitrogens with zero attached hydrogens (tertiary/aromatic N) is 2. The van der Waals surface area contributed by atoms with Crippen LogP contribution in [0.25, 0.3) is 0 Å². The Bertz CT molecular complexity index is 472. The molecule has 132 valence electrons. The second-order valence-corrected chi connectivity index (χ2v) is 6.67. The van der Waals surface area contributed by atoms with Crippen molar-refractivity contribution in [1.29, 1.82) is 0 Å². The second kappa shape index (κ2) is 11.6. The van der Waals surface area contributed by atoms with Crippen LogP contribution in [0, 0.1) is 12.3 Å². The summed E-state index contributed by atoms with van der Waals surface area (Å²) in [6, 6.07) is 4.04. The van der Waals surface area contributed by atoms with Gasteiger partial charge in [0.05, 0.1) is 12.2 Å². The van der Waals surface area contributed by atoms with E-state index in [1.54, 1.807) is 0 Å². The van der Waals surface area contributed by atoms with E-state index in [4.69, 9.17) is 0 Å². The number of pyridine rings is 1. The molecule has 1 heterocycles. The summed E-state index contributed by atoms with van der Waals surface area (Å²) >= 11 is 0. The number of halogens is 1. The Hall–Kier alpha value is -0.850. The van der Waals surface area contributed by atoms with Crippen LogP contribution < -0.4 is 10.6 Å². The van der Waals surface area contributed by atoms with E-state index >= 15 is 0 Å². The molecule has 1 aromatic rings. The van der Waals surface area contributed by atoms with Gasteiger partial charge in [0, 0.05) is 19.8 Å². The van der Waals surface area contributed by atoms with Gasteiger partial charge in [0.2, 0.25) is 0 Å². The van der Waals surface area contributed by atoms with Gasteiger partial charge in [0.1, 0.15) is 0 Å². The van der Waals surface area contributed by atoms with Crippen molar-refractivity contribution >= 4 is 29.9 Å². The summed E-state index contributed by atoms with van der Waals surface area (Å²) in [5.41, 5.74) is 2.55. The topological polar surface area (TPSA) is 49.3 Å². The molecule has 0 amide bonds. The molecule has 2 N–H and O–H groups in total. The summed E-state index contributed by atoms with van der Waals surface area (Å²) in [6.45, 7) is 10.6. The van der Waals surface area contributed by atoms with E-state index in [0.717, 1.165) is 18.2 Å². The summed E-state index contributed by atoms with van der Waals surface area (Å²) in [6.07, 6.45) is 6.96. The van der Waals surface area contributed by atoms with Crippen molar-refractivity contribution in [2.75, 3.05) is 13.6 Å². The van der Waals surface area contributed by atoms with Crippen LogP contribution in [-0.4, -0.2) is 24.5 Å². The van der Waals surface area contributed by atoms with Gasteiger partial charge in [0.25, 0.3) is 0 Å². The van der Waals surface area contributed by atoms with Crippen molar-refractivity contribution in [3.05, 3.63) is 29.6 Å². The number of hydrogen-bond acceptors (Lipinski definition) is 2. The average molecular weight is 432 g/mol. The van der Waals surface area contributed by atoms with Crippen molar-refractivity contribution < 1.29 is 0 Å². The van der Waals surface area contributed by atoms with Gasteiger partial charge in [-0.1, -0.05) is 46.1 Å². The summed E-state index contributed by atoms with van der Waals surface area (Å²) < 4.78 is 0. The van der Waals surface area contributed by atoms with Crippen LogP contribution in [0.4, 0.5) is 0 Å². The third-order valence-electron chi connectivity index (χ3n) is 3.96. The zero-order valence-corrected chi connectivity index (χ0v) is 17.6. The molecule has 0 radical (unpaired) electrons. The van der Waals surface area contributed by atoms with Gasteiger partial charge in [-0.3, -0.25) is 9.98 Å². The lowest BCUT2D eigenvalue weighted by Gasteiger charge is -2.26. The van der Waals surface area contributed by atoms with Gasteiger partial charge in [-0.2, -0.15) is 0 Å². The van der Waals surface area contributed by atoms with Crippen LogP contribution in [0.2, 0.25) is 0 Å². The summed E-state index contributed by atoms with van der Waals surface area (Å²) in [7, 11) is 1.81. The maximum Gasteiger partial charge on any atom is 0.191 e. The van der Waals surface area contributed by atoms with Gasteiger partial charge in [-0.05, 0) is 30.4 Å². The van der Waals surface area contributed by atoms with E-state index in [1.807, 2.05) is 19.3 Å². The summed E-state index contributed by atoms with van der Waals surface area (Å²) in [4.78, 5) is 8.70. The molecule has 5 heteroatoms. The number of unbranched alkanes of at least 4 members (excludes halogenated alkanes) is 2. The minimum Gasteiger partial charge on any atom is -0.356 e. The maximum absolute atomic E-state index is 4.40. The number of aliphatic imine (C=N–C) groups is 1. The van der Waals surface area contributed by atoms with Crippen LogP contribution in [0.1, 0.15) is 57.7 Å². The minimum absolute atomic E-state index is 0. The number of nitrogens with one attached hydrogen (secondary N) is 2. The Morgan fingerprint density at radius 2 is 2.00 bits per heavy atom. The number of guanidine groups is 1. The zero-order valence-electron chi connectivity index (χ0n) is 15.3. The Morgan fingerprint density at radius 1 is 1.26 bits per heavy atom.